The molecule has 1 heteroatoms. The van der Waals surface area contributed by atoms with Gasteiger partial charge in [-0.05, 0) is 0 Å². The molecule has 0 bridgehead atoms. The summed E-state index contributed by atoms with van der Waals surface area (Å²) >= 11 is 0. The van der Waals surface area contributed by atoms with Crippen LogP contribution in [0.2, 0.25) is 0 Å². The predicted molar refractivity (Wildman–Crippen MR) is 54.2 cm³/mol. The van der Waals surface area contributed by atoms with E-state index in [0.717, 1.165) is 0 Å². The first kappa shape index (κ1) is 12.0. The Bertz CT molecular complexity index is 260. The summed E-state index contributed by atoms with van der Waals surface area (Å²) in [5.41, 5.74) is 1.19. The van der Waals surface area contributed by atoms with Gasteiger partial charge in [-0.15, -0.1) is 23.8 Å². The summed E-state index contributed by atoms with van der Waals surface area (Å²) in [6.07, 6.45) is 1.83. The maximum absolute atomic E-state index is 3.60. The molecule has 0 saturated heterocycles. The van der Waals surface area contributed by atoms with Gasteiger partial charge in [0, 0.05) is 17.1 Å². The van der Waals surface area contributed by atoms with Crippen LogP contribution in [0.5, 0.6) is 0 Å². The third kappa shape index (κ3) is 5.24. The Kier molecular flexibility index (Phi) is 6.99. The zero-order valence-corrected chi connectivity index (χ0v) is 8.44. The minimum Gasteiger partial charge on any atom is -0.748 e. The Morgan fingerprint density at radius 1 is 0.923 bits per heavy atom. The zero-order chi connectivity index (χ0) is 8.65. The number of hydrogen-bond acceptors (Lipinski definition) is 0. The molecule has 0 heterocycles. The van der Waals surface area contributed by atoms with Crippen molar-refractivity contribution in [3.05, 3.63) is 66.7 Å². The van der Waals surface area contributed by atoms with Crippen LogP contribution >= 0.6 is 0 Å². The Hall–Kier alpha value is -1.04. The molecule has 74 valence electrons. The van der Waals surface area contributed by atoms with Gasteiger partial charge in [0.15, 0.2) is 0 Å². The van der Waals surface area contributed by atoms with E-state index in [1.165, 1.54) is 5.56 Å². The molecule has 13 heavy (non-hydrogen) atoms. The molecule has 0 nitrogen and oxygen atoms in total. The molecule has 0 fully saturated rings. The maximum atomic E-state index is 3.60. The normalized spacial score (nSPS) is 7.69. The third-order valence-electron chi connectivity index (χ3n) is 1.48. The van der Waals surface area contributed by atoms with Crippen LogP contribution in [0.15, 0.2) is 61.2 Å². The fourth-order valence-corrected chi connectivity index (χ4v) is 0.846. The molecule has 0 atom stereocenters. The van der Waals surface area contributed by atoms with Crippen molar-refractivity contribution in [1.29, 1.82) is 0 Å². The fourth-order valence-electron chi connectivity index (χ4n) is 0.846. The molecular formula is C12H12Fe-6. The zero-order valence-electron chi connectivity index (χ0n) is 7.33. The molecule has 0 amide bonds. The second kappa shape index (κ2) is 7.60. The summed E-state index contributed by atoms with van der Waals surface area (Å²) in [7, 11) is 0. The summed E-state index contributed by atoms with van der Waals surface area (Å²) < 4.78 is 0. The molecule has 0 saturated carbocycles. The van der Waals surface area contributed by atoms with Crippen molar-refractivity contribution < 1.29 is 17.1 Å². The van der Waals surface area contributed by atoms with E-state index < -0.39 is 0 Å². The van der Waals surface area contributed by atoms with Crippen LogP contribution in [-0.4, -0.2) is 0 Å². The monoisotopic (exact) mass is 212 g/mol. The van der Waals surface area contributed by atoms with Gasteiger partial charge >= 0.3 is 0 Å². The van der Waals surface area contributed by atoms with Crippen LogP contribution in [0, 0.1) is 0 Å². The summed E-state index contributed by atoms with van der Waals surface area (Å²) in [6, 6.07) is 18.0. The first-order valence-electron chi connectivity index (χ1n) is 3.94. The van der Waals surface area contributed by atoms with Crippen LogP contribution in [0.4, 0.5) is 0 Å². The molecule has 2 aromatic carbocycles. The SMILES string of the molecule is C=C[c-]1cccc1.[Fe].[cH-]1[cH-][cH-][cH-][cH-]1. The summed E-state index contributed by atoms with van der Waals surface area (Å²) in [4.78, 5) is 0. The van der Waals surface area contributed by atoms with Crippen LogP contribution in [0.1, 0.15) is 5.56 Å². The molecule has 0 aliphatic rings. The van der Waals surface area contributed by atoms with E-state index in [2.05, 4.69) is 6.58 Å². The van der Waals surface area contributed by atoms with Gasteiger partial charge in [0.05, 0.1) is 0 Å². The van der Waals surface area contributed by atoms with Crippen LogP contribution in [-0.2, 0) is 17.1 Å². The molecule has 0 unspecified atom stereocenters. The second-order valence-electron chi connectivity index (χ2n) is 2.38. The van der Waals surface area contributed by atoms with E-state index in [0.29, 0.717) is 0 Å². The third-order valence-corrected chi connectivity index (χ3v) is 1.48. The molecule has 0 aliphatic carbocycles. The predicted octanol–water partition coefficient (Wildman–Crippen LogP) is 3.45. The topological polar surface area (TPSA) is 0 Å². The molecule has 0 spiro atoms. The Labute approximate surface area is 90.1 Å². The standard InChI is InChI=1S/C7H7.C5H5.Fe/c1-2-7-5-3-4-6-7;1-2-4-5-3-1;/h2-6H,1H2;1-5H;/q-1;-5;. The Balaban J connectivity index is 0.000000215. The van der Waals surface area contributed by atoms with Gasteiger partial charge in [0.25, 0.3) is 0 Å². The first-order chi connectivity index (χ1) is 5.93. The average molecular weight is 212 g/mol. The molecule has 0 aliphatic heterocycles. The number of rotatable bonds is 1. The van der Waals surface area contributed by atoms with Crippen molar-refractivity contribution in [3.63, 3.8) is 0 Å². The van der Waals surface area contributed by atoms with E-state index in [-0.39, 0.29) is 17.1 Å². The summed E-state index contributed by atoms with van der Waals surface area (Å²) in [5, 5.41) is 0. The quantitative estimate of drug-likeness (QED) is 0.501. The fraction of sp³-hybridized carbons (Fsp3) is 0. The van der Waals surface area contributed by atoms with Crippen molar-refractivity contribution in [1.82, 2.24) is 0 Å². The number of hydrogen-bond donors (Lipinski definition) is 0. The van der Waals surface area contributed by atoms with Crippen molar-refractivity contribution in [3.8, 4) is 0 Å². The van der Waals surface area contributed by atoms with Gasteiger partial charge in [0.1, 0.15) is 0 Å². The summed E-state index contributed by atoms with van der Waals surface area (Å²) in [5.74, 6) is 0. The maximum Gasteiger partial charge on any atom is 0 e. The first-order valence-corrected chi connectivity index (χ1v) is 3.94. The van der Waals surface area contributed by atoms with E-state index in [1.54, 1.807) is 0 Å². The van der Waals surface area contributed by atoms with Gasteiger partial charge in [-0.3, -0.25) is 0 Å². The van der Waals surface area contributed by atoms with E-state index in [9.17, 15) is 0 Å². The van der Waals surface area contributed by atoms with Gasteiger partial charge in [-0.2, -0.15) is 18.7 Å². The molecule has 0 aromatic heterocycles. The van der Waals surface area contributed by atoms with Crippen LogP contribution in [0.3, 0.4) is 0 Å². The molecule has 0 N–H and O–H groups in total. The minimum atomic E-state index is 0. The second-order valence-corrected chi connectivity index (χ2v) is 2.38. The summed E-state index contributed by atoms with van der Waals surface area (Å²) in [6.45, 7) is 3.60. The van der Waals surface area contributed by atoms with Gasteiger partial charge in [-0.25, -0.2) is 0 Å². The van der Waals surface area contributed by atoms with Crippen LogP contribution < -0.4 is 0 Å². The van der Waals surface area contributed by atoms with Gasteiger partial charge < -0.3 is 30.3 Å². The Morgan fingerprint density at radius 2 is 1.31 bits per heavy atom. The van der Waals surface area contributed by atoms with E-state index in [4.69, 9.17) is 0 Å². The van der Waals surface area contributed by atoms with Gasteiger partial charge in [-0.1, -0.05) is 0 Å². The van der Waals surface area contributed by atoms with E-state index >= 15 is 0 Å². The largest absolute Gasteiger partial charge is 0.748 e. The van der Waals surface area contributed by atoms with E-state index in [1.807, 2.05) is 60.7 Å². The minimum absolute atomic E-state index is 0. The van der Waals surface area contributed by atoms with Crippen molar-refractivity contribution >= 4 is 6.08 Å². The average Bonchev–Trinajstić information content (AvgIpc) is 2.81. The van der Waals surface area contributed by atoms with Crippen molar-refractivity contribution in [2.24, 2.45) is 0 Å². The van der Waals surface area contributed by atoms with Crippen molar-refractivity contribution in [2.45, 2.75) is 0 Å². The molecule has 2 rings (SSSR count). The molecular weight excluding hydrogens is 200 g/mol. The molecule has 0 radical (unpaired) electrons. The van der Waals surface area contributed by atoms with Crippen molar-refractivity contribution in [2.75, 3.05) is 0 Å². The van der Waals surface area contributed by atoms with Crippen LogP contribution in [0.25, 0.3) is 6.08 Å². The Morgan fingerprint density at radius 3 is 1.54 bits per heavy atom. The van der Waals surface area contributed by atoms with Gasteiger partial charge in [0.2, 0.25) is 0 Å². The molecule has 2 aromatic rings. The smallest absolute Gasteiger partial charge is 0 e.